The molecule has 1 aromatic rings. The number of rotatable bonds is 7. The number of hydrogen-bond donors (Lipinski definition) is 4. The molecule has 0 radical (unpaired) electrons. The Labute approximate surface area is 156 Å². The fraction of sp³-hybridized carbons (Fsp3) is 0.556. The van der Waals surface area contributed by atoms with Crippen molar-refractivity contribution in [3.05, 3.63) is 24.3 Å². The molecule has 0 bridgehead atoms. The molecule has 0 spiro atoms. The molecule has 9 heteroatoms. The molecular formula is C18H25NO8. The van der Waals surface area contributed by atoms with Crippen LogP contribution in [0.15, 0.2) is 24.3 Å². The first-order valence-electron chi connectivity index (χ1n) is 8.71. The first-order chi connectivity index (χ1) is 12.8. The average molecular weight is 383 g/mol. The van der Waals surface area contributed by atoms with Gasteiger partial charge in [0.2, 0.25) is 12.2 Å². The van der Waals surface area contributed by atoms with Crippen molar-refractivity contribution in [2.75, 3.05) is 11.9 Å². The van der Waals surface area contributed by atoms with Crippen LogP contribution in [0.25, 0.3) is 0 Å². The van der Waals surface area contributed by atoms with Crippen LogP contribution in [0.4, 0.5) is 5.69 Å². The van der Waals surface area contributed by atoms with Crippen LogP contribution in [-0.2, 0) is 19.1 Å². The van der Waals surface area contributed by atoms with E-state index in [1.807, 2.05) is 6.92 Å². The number of aliphatic hydroxyl groups is 3. The van der Waals surface area contributed by atoms with Crippen LogP contribution in [-0.4, -0.2) is 64.5 Å². The third kappa shape index (κ3) is 5.90. The van der Waals surface area contributed by atoms with Crippen LogP contribution in [0.3, 0.4) is 0 Å². The quantitative estimate of drug-likeness (QED) is 0.490. The number of hydrogen-bond acceptors (Lipinski definition) is 8. The largest absolute Gasteiger partial charge is 0.463 e. The van der Waals surface area contributed by atoms with Crippen molar-refractivity contribution in [1.82, 2.24) is 0 Å². The molecule has 0 unspecified atom stereocenters. The second-order valence-electron chi connectivity index (χ2n) is 6.27. The van der Waals surface area contributed by atoms with E-state index in [-0.39, 0.29) is 18.9 Å². The van der Waals surface area contributed by atoms with Crippen LogP contribution in [0.5, 0.6) is 5.75 Å². The Bertz CT molecular complexity index is 635. The zero-order valence-corrected chi connectivity index (χ0v) is 15.2. The lowest BCUT2D eigenvalue weighted by Crippen LogP contribution is -2.60. The Balaban J connectivity index is 1.99. The Hall–Kier alpha value is -2.20. The highest BCUT2D eigenvalue weighted by Crippen LogP contribution is 2.25. The van der Waals surface area contributed by atoms with Gasteiger partial charge >= 0.3 is 5.97 Å². The van der Waals surface area contributed by atoms with E-state index in [0.717, 1.165) is 0 Å². The summed E-state index contributed by atoms with van der Waals surface area (Å²) in [6.45, 7) is 2.94. The Kier molecular flexibility index (Phi) is 7.55. The van der Waals surface area contributed by atoms with Crippen molar-refractivity contribution in [2.45, 2.75) is 57.4 Å². The van der Waals surface area contributed by atoms with E-state index in [2.05, 4.69) is 5.32 Å². The second-order valence-corrected chi connectivity index (χ2v) is 6.27. The number of carbonyl (C=O) groups is 2. The molecule has 1 amide bonds. The van der Waals surface area contributed by atoms with Crippen LogP contribution < -0.4 is 10.1 Å². The zero-order valence-electron chi connectivity index (χ0n) is 15.2. The Morgan fingerprint density at radius 1 is 1.11 bits per heavy atom. The summed E-state index contributed by atoms with van der Waals surface area (Å²) in [5, 5.41) is 32.8. The minimum Gasteiger partial charge on any atom is -0.463 e. The number of carbonyl (C=O) groups excluding carboxylic acids is 2. The molecule has 1 aliphatic rings. The van der Waals surface area contributed by atoms with Crippen molar-refractivity contribution in [3.8, 4) is 5.75 Å². The minimum absolute atomic E-state index is 0.215. The summed E-state index contributed by atoms with van der Waals surface area (Å²) >= 11 is 0. The fourth-order valence-corrected chi connectivity index (χ4v) is 2.56. The highest BCUT2D eigenvalue weighted by molar-refractivity contribution is 5.88. The highest BCUT2D eigenvalue weighted by Gasteiger charge is 2.45. The molecule has 1 aliphatic heterocycles. The molecule has 1 aromatic carbocycles. The first-order valence-corrected chi connectivity index (χ1v) is 8.71. The van der Waals surface area contributed by atoms with Crippen molar-refractivity contribution >= 4 is 17.6 Å². The number of ether oxygens (including phenoxy) is 3. The molecule has 9 nitrogen and oxygen atoms in total. The normalized spacial score (nSPS) is 27.7. The van der Waals surface area contributed by atoms with E-state index in [9.17, 15) is 24.9 Å². The van der Waals surface area contributed by atoms with Gasteiger partial charge in [0.05, 0.1) is 0 Å². The summed E-state index contributed by atoms with van der Waals surface area (Å²) in [4.78, 5) is 22.5. The van der Waals surface area contributed by atoms with Crippen molar-refractivity contribution in [3.63, 3.8) is 0 Å². The summed E-state index contributed by atoms with van der Waals surface area (Å²) in [5.74, 6) is -0.342. The Morgan fingerprint density at radius 3 is 2.37 bits per heavy atom. The van der Waals surface area contributed by atoms with Crippen LogP contribution in [0.2, 0.25) is 0 Å². The van der Waals surface area contributed by atoms with Gasteiger partial charge in [-0.25, -0.2) is 0 Å². The lowest BCUT2D eigenvalue weighted by atomic mass is 9.99. The maximum Gasteiger partial charge on any atom is 0.305 e. The molecule has 27 heavy (non-hydrogen) atoms. The van der Waals surface area contributed by atoms with E-state index >= 15 is 0 Å². The van der Waals surface area contributed by atoms with Gasteiger partial charge < -0.3 is 34.8 Å². The standard InChI is InChI=1S/C18H25NO8/c1-3-4-14(21)25-9-13-15(22)16(23)17(24)18(27-13)26-12-7-5-11(6-8-12)19-10(2)20/h5-8,13,15-18,22-24H,3-4,9H2,1-2H3,(H,19,20)/t13-,15-,16+,17+,18+/m1/s1. The van der Waals surface area contributed by atoms with Gasteiger partial charge in [-0.2, -0.15) is 0 Å². The molecule has 0 aliphatic carbocycles. The molecule has 0 aromatic heterocycles. The van der Waals surface area contributed by atoms with Crippen molar-refractivity contribution in [1.29, 1.82) is 0 Å². The molecule has 1 heterocycles. The topological polar surface area (TPSA) is 135 Å². The molecule has 5 atom stereocenters. The van der Waals surface area contributed by atoms with Gasteiger partial charge in [-0.3, -0.25) is 9.59 Å². The molecule has 2 rings (SSSR count). The van der Waals surface area contributed by atoms with Gasteiger partial charge in [-0.1, -0.05) is 6.92 Å². The van der Waals surface area contributed by atoms with Gasteiger partial charge in [-0.15, -0.1) is 0 Å². The van der Waals surface area contributed by atoms with Crippen LogP contribution >= 0.6 is 0 Å². The van der Waals surface area contributed by atoms with Gasteiger partial charge in [0, 0.05) is 19.0 Å². The van der Waals surface area contributed by atoms with Gasteiger partial charge in [0.25, 0.3) is 0 Å². The minimum atomic E-state index is -1.53. The molecule has 0 saturated carbocycles. The van der Waals surface area contributed by atoms with Crippen LogP contribution in [0, 0.1) is 0 Å². The zero-order chi connectivity index (χ0) is 20.0. The number of benzene rings is 1. The number of amides is 1. The number of nitrogens with one attached hydrogen (secondary N) is 1. The summed E-state index contributed by atoms with van der Waals surface area (Å²) in [6.07, 6.45) is -5.94. The number of anilines is 1. The maximum absolute atomic E-state index is 11.5. The van der Waals surface area contributed by atoms with Gasteiger partial charge in [0.1, 0.15) is 36.8 Å². The lowest BCUT2D eigenvalue weighted by molar-refractivity contribution is -0.278. The molecule has 150 valence electrons. The summed E-state index contributed by atoms with van der Waals surface area (Å²) in [6, 6.07) is 6.30. The Morgan fingerprint density at radius 2 is 1.78 bits per heavy atom. The van der Waals surface area contributed by atoms with Gasteiger partial charge in [0.15, 0.2) is 0 Å². The molecule has 1 saturated heterocycles. The number of aliphatic hydroxyl groups excluding tert-OH is 3. The molecule has 1 fully saturated rings. The third-order valence-electron chi connectivity index (χ3n) is 3.96. The average Bonchev–Trinajstić information content (AvgIpc) is 2.62. The van der Waals surface area contributed by atoms with Crippen molar-refractivity contribution < 1.29 is 39.1 Å². The summed E-state index contributed by atoms with van der Waals surface area (Å²) in [5.41, 5.74) is 0.566. The van der Waals surface area contributed by atoms with Gasteiger partial charge in [-0.05, 0) is 30.7 Å². The monoisotopic (exact) mass is 383 g/mol. The summed E-state index contributed by atoms with van der Waals surface area (Å²) < 4.78 is 16.0. The predicted molar refractivity (Wildman–Crippen MR) is 93.9 cm³/mol. The third-order valence-corrected chi connectivity index (χ3v) is 3.96. The van der Waals surface area contributed by atoms with Crippen LogP contribution in [0.1, 0.15) is 26.7 Å². The maximum atomic E-state index is 11.5. The second kappa shape index (κ2) is 9.65. The van der Waals surface area contributed by atoms with E-state index in [1.54, 1.807) is 24.3 Å². The SMILES string of the molecule is CCCC(=O)OC[C@H]1O[C@H](Oc2ccc(NC(C)=O)cc2)[C@@H](O)[C@@H](O)[C@@H]1O. The van der Waals surface area contributed by atoms with E-state index in [1.165, 1.54) is 6.92 Å². The van der Waals surface area contributed by atoms with E-state index in [4.69, 9.17) is 14.2 Å². The van der Waals surface area contributed by atoms with E-state index in [0.29, 0.717) is 17.9 Å². The first kappa shape index (κ1) is 21.1. The van der Waals surface area contributed by atoms with Crippen molar-refractivity contribution in [2.24, 2.45) is 0 Å². The molecule has 4 N–H and O–H groups in total. The summed E-state index contributed by atoms with van der Waals surface area (Å²) in [7, 11) is 0. The highest BCUT2D eigenvalue weighted by atomic mass is 16.7. The smallest absolute Gasteiger partial charge is 0.305 e. The number of esters is 1. The lowest BCUT2D eigenvalue weighted by Gasteiger charge is -2.39. The fourth-order valence-electron chi connectivity index (χ4n) is 2.56. The van der Waals surface area contributed by atoms with E-state index < -0.39 is 36.7 Å². The predicted octanol–water partition coefficient (Wildman–Crippen LogP) is 0.175. The molecular weight excluding hydrogens is 358 g/mol.